The molecule has 0 aliphatic heterocycles. The van der Waals surface area contributed by atoms with Crippen LogP contribution >= 0.6 is 27.3 Å². The van der Waals surface area contributed by atoms with E-state index in [1.54, 1.807) is 24.4 Å². The maximum absolute atomic E-state index is 13.7. The zero-order valence-electron chi connectivity index (χ0n) is 9.35. The summed E-state index contributed by atoms with van der Waals surface area (Å²) in [6.07, 6.45) is 0. The van der Waals surface area contributed by atoms with Crippen LogP contribution in [0.4, 0.5) is 4.39 Å². The minimum absolute atomic E-state index is 0.373. The number of rotatable bonds is 3. The topological polar surface area (TPSA) is 50.2 Å². The third-order valence-corrected chi connectivity index (χ3v) is 3.88. The fourth-order valence-electron chi connectivity index (χ4n) is 1.40. The molecule has 0 amide bonds. The van der Waals surface area contributed by atoms with Gasteiger partial charge in [-0.15, -0.1) is 11.3 Å². The van der Waals surface area contributed by atoms with E-state index in [-0.39, 0.29) is 5.82 Å². The summed E-state index contributed by atoms with van der Waals surface area (Å²) >= 11 is 4.50. The second kappa shape index (κ2) is 5.16. The average molecular weight is 330 g/mol. The average Bonchev–Trinajstić information content (AvgIpc) is 2.80. The summed E-state index contributed by atoms with van der Waals surface area (Å²) in [5.41, 5.74) is 0.820. The van der Waals surface area contributed by atoms with Gasteiger partial charge in [0.15, 0.2) is 0 Å². The van der Waals surface area contributed by atoms with Crippen LogP contribution in [0.25, 0.3) is 10.6 Å². The van der Waals surface area contributed by atoms with Gasteiger partial charge < -0.3 is 5.11 Å². The summed E-state index contributed by atoms with van der Waals surface area (Å²) in [4.78, 5) is 15.0. The van der Waals surface area contributed by atoms with E-state index in [1.807, 2.05) is 0 Å². The van der Waals surface area contributed by atoms with Gasteiger partial charge in [0.1, 0.15) is 10.8 Å². The Morgan fingerprint density at radius 1 is 1.56 bits per heavy atom. The SMILES string of the molecule is CC(C(=O)O)c1csc(-c2cc(Br)ccc2F)n1. The molecule has 0 fully saturated rings. The quantitative estimate of drug-likeness (QED) is 0.929. The molecule has 2 aromatic rings. The van der Waals surface area contributed by atoms with E-state index in [9.17, 15) is 9.18 Å². The van der Waals surface area contributed by atoms with E-state index < -0.39 is 11.9 Å². The number of halogens is 2. The van der Waals surface area contributed by atoms with Gasteiger partial charge in [0.05, 0.1) is 11.6 Å². The number of carboxylic acid groups (broad SMARTS) is 1. The fraction of sp³-hybridized carbons (Fsp3) is 0.167. The normalized spacial score (nSPS) is 12.4. The van der Waals surface area contributed by atoms with Crippen molar-refractivity contribution in [1.29, 1.82) is 0 Å². The molecule has 0 aliphatic carbocycles. The van der Waals surface area contributed by atoms with Crippen molar-refractivity contribution in [2.24, 2.45) is 0 Å². The van der Waals surface area contributed by atoms with Gasteiger partial charge in [-0.2, -0.15) is 0 Å². The zero-order valence-corrected chi connectivity index (χ0v) is 11.8. The largest absolute Gasteiger partial charge is 0.481 e. The molecule has 0 saturated carbocycles. The second-order valence-corrected chi connectivity index (χ2v) is 5.54. The van der Waals surface area contributed by atoms with Crippen molar-refractivity contribution in [2.75, 3.05) is 0 Å². The molecule has 3 nitrogen and oxygen atoms in total. The monoisotopic (exact) mass is 329 g/mol. The number of hydrogen-bond acceptors (Lipinski definition) is 3. The number of aliphatic carboxylic acids is 1. The number of carbonyl (C=O) groups is 1. The van der Waals surface area contributed by atoms with Crippen LogP contribution in [0.15, 0.2) is 28.1 Å². The second-order valence-electron chi connectivity index (χ2n) is 3.76. The van der Waals surface area contributed by atoms with Gasteiger partial charge in [-0.3, -0.25) is 4.79 Å². The van der Waals surface area contributed by atoms with Crippen LogP contribution in [0.3, 0.4) is 0 Å². The number of thiazole rings is 1. The molecular formula is C12H9BrFNO2S. The van der Waals surface area contributed by atoms with Crippen molar-refractivity contribution in [1.82, 2.24) is 4.98 Å². The first-order chi connectivity index (χ1) is 8.49. The van der Waals surface area contributed by atoms with Crippen molar-refractivity contribution >= 4 is 33.2 Å². The smallest absolute Gasteiger partial charge is 0.312 e. The molecule has 1 heterocycles. The summed E-state index contributed by atoms with van der Waals surface area (Å²) in [5.74, 6) is -2.01. The number of hydrogen-bond donors (Lipinski definition) is 1. The van der Waals surface area contributed by atoms with Crippen LogP contribution in [0, 0.1) is 5.82 Å². The molecule has 1 N–H and O–H groups in total. The summed E-state index contributed by atoms with van der Waals surface area (Å²) in [7, 11) is 0. The predicted molar refractivity (Wildman–Crippen MR) is 71.3 cm³/mol. The van der Waals surface area contributed by atoms with Crippen molar-refractivity contribution < 1.29 is 14.3 Å². The van der Waals surface area contributed by atoms with Gasteiger partial charge in [-0.05, 0) is 25.1 Å². The van der Waals surface area contributed by atoms with Gasteiger partial charge in [-0.25, -0.2) is 9.37 Å². The molecule has 1 unspecified atom stereocenters. The van der Waals surface area contributed by atoms with Crippen LogP contribution in [-0.4, -0.2) is 16.1 Å². The third-order valence-electron chi connectivity index (χ3n) is 2.49. The Morgan fingerprint density at radius 3 is 2.94 bits per heavy atom. The lowest BCUT2D eigenvalue weighted by molar-refractivity contribution is -0.138. The first kappa shape index (κ1) is 13.2. The van der Waals surface area contributed by atoms with Crippen molar-refractivity contribution in [3.63, 3.8) is 0 Å². The molecule has 6 heteroatoms. The summed E-state index contributed by atoms with van der Waals surface area (Å²) in [6, 6.07) is 4.58. The third kappa shape index (κ3) is 2.59. The van der Waals surface area contributed by atoms with Crippen LogP contribution in [0.2, 0.25) is 0 Å². The summed E-state index contributed by atoms with van der Waals surface area (Å²) < 4.78 is 14.4. The van der Waals surface area contributed by atoms with Crippen LogP contribution < -0.4 is 0 Å². The Hall–Kier alpha value is -1.27. The zero-order chi connectivity index (χ0) is 13.3. The van der Waals surface area contributed by atoms with Crippen LogP contribution in [0.1, 0.15) is 18.5 Å². The molecule has 0 radical (unpaired) electrons. The van der Waals surface area contributed by atoms with E-state index in [4.69, 9.17) is 5.11 Å². The highest BCUT2D eigenvalue weighted by Gasteiger charge is 2.18. The van der Waals surface area contributed by atoms with E-state index in [1.165, 1.54) is 17.4 Å². The standard InChI is InChI=1S/C12H9BrFNO2S/c1-6(12(16)17)10-5-18-11(15-10)8-4-7(13)2-3-9(8)14/h2-6H,1H3,(H,16,17). The molecule has 0 saturated heterocycles. The Balaban J connectivity index is 2.41. The number of carboxylic acids is 1. The van der Waals surface area contributed by atoms with Crippen LogP contribution in [0.5, 0.6) is 0 Å². The minimum Gasteiger partial charge on any atom is -0.481 e. The minimum atomic E-state index is -0.943. The molecule has 0 aliphatic rings. The highest BCUT2D eigenvalue weighted by Crippen LogP contribution is 2.30. The van der Waals surface area contributed by atoms with Gasteiger partial charge in [0.2, 0.25) is 0 Å². The van der Waals surface area contributed by atoms with Gasteiger partial charge >= 0.3 is 5.97 Å². The molecule has 2 rings (SSSR count). The van der Waals surface area contributed by atoms with Gasteiger partial charge in [0, 0.05) is 15.4 Å². The van der Waals surface area contributed by atoms with Crippen molar-refractivity contribution in [2.45, 2.75) is 12.8 Å². The fourth-order valence-corrected chi connectivity index (χ4v) is 2.69. The first-order valence-electron chi connectivity index (χ1n) is 5.12. The Bertz CT molecular complexity index is 600. The molecule has 1 aromatic heterocycles. The van der Waals surface area contributed by atoms with E-state index in [0.29, 0.717) is 16.3 Å². The number of benzene rings is 1. The molecule has 1 atom stereocenters. The lowest BCUT2D eigenvalue weighted by atomic mass is 10.1. The molecule has 0 bridgehead atoms. The van der Waals surface area contributed by atoms with Crippen molar-refractivity contribution in [3.05, 3.63) is 39.6 Å². The Morgan fingerprint density at radius 2 is 2.28 bits per heavy atom. The highest BCUT2D eigenvalue weighted by atomic mass is 79.9. The van der Waals surface area contributed by atoms with Crippen molar-refractivity contribution in [3.8, 4) is 10.6 Å². The lowest BCUT2D eigenvalue weighted by Gasteiger charge is -2.01. The van der Waals surface area contributed by atoms with Gasteiger partial charge in [-0.1, -0.05) is 15.9 Å². The highest BCUT2D eigenvalue weighted by molar-refractivity contribution is 9.10. The Kier molecular flexibility index (Phi) is 3.77. The predicted octanol–water partition coefficient (Wildman–Crippen LogP) is 3.90. The van der Waals surface area contributed by atoms with E-state index >= 15 is 0 Å². The number of aromatic nitrogens is 1. The van der Waals surface area contributed by atoms with Gasteiger partial charge in [0.25, 0.3) is 0 Å². The molecule has 1 aromatic carbocycles. The number of nitrogens with zero attached hydrogens (tertiary/aromatic N) is 1. The summed E-state index contributed by atoms with van der Waals surface area (Å²) in [6.45, 7) is 1.55. The molecule has 0 spiro atoms. The molecular weight excluding hydrogens is 321 g/mol. The lowest BCUT2D eigenvalue weighted by Crippen LogP contribution is -2.07. The summed E-state index contributed by atoms with van der Waals surface area (Å²) in [5, 5.41) is 11.0. The first-order valence-corrected chi connectivity index (χ1v) is 6.80. The molecule has 18 heavy (non-hydrogen) atoms. The van der Waals surface area contributed by atoms with E-state index in [0.717, 1.165) is 4.47 Å². The van der Waals surface area contributed by atoms with Crippen LogP contribution in [-0.2, 0) is 4.79 Å². The molecule has 94 valence electrons. The Labute approximate surface area is 115 Å². The van der Waals surface area contributed by atoms with E-state index in [2.05, 4.69) is 20.9 Å². The maximum atomic E-state index is 13.7. The maximum Gasteiger partial charge on any atom is 0.312 e.